The third-order valence-electron chi connectivity index (χ3n) is 3.28. The molecule has 1 N–H and O–H groups in total. The van der Waals surface area contributed by atoms with Gasteiger partial charge in [0.15, 0.2) is 0 Å². The number of aromatic hydroxyl groups is 1. The Morgan fingerprint density at radius 2 is 1.73 bits per heavy atom. The van der Waals surface area contributed by atoms with Crippen molar-refractivity contribution >= 4 is 15.9 Å². The third-order valence-corrected chi connectivity index (χ3v) is 3.78. The van der Waals surface area contributed by atoms with E-state index in [-0.39, 0.29) is 0 Å². The number of hydrogen-bond donors (Lipinski definition) is 1. The van der Waals surface area contributed by atoms with Crippen molar-refractivity contribution in [2.75, 3.05) is 0 Å². The monoisotopic (exact) mass is 268 g/mol. The highest BCUT2D eigenvalue weighted by molar-refractivity contribution is 9.10. The van der Waals surface area contributed by atoms with E-state index in [0.717, 1.165) is 10.0 Å². The van der Waals surface area contributed by atoms with Crippen LogP contribution < -0.4 is 0 Å². The maximum atomic E-state index is 9.86. The highest BCUT2D eigenvalue weighted by atomic mass is 79.9. The molecule has 0 atom stereocenters. The molecule has 2 rings (SSSR count). The molecule has 0 aromatic heterocycles. The Hall–Kier alpha value is -0.500. The van der Waals surface area contributed by atoms with Gasteiger partial charge in [-0.15, -0.1) is 0 Å². The largest absolute Gasteiger partial charge is 0.508 e. The Kier molecular flexibility index (Phi) is 3.68. The second-order valence-corrected chi connectivity index (χ2v) is 5.31. The summed E-state index contributed by atoms with van der Waals surface area (Å²) in [6.45, 7) is 0. The lowest BCUT2D eigenvalue weighted by atomic mass is 9.91. The summed E-state index contributed by atoms with van der Waals surface area (Å²) in [5, 5.41) is 9.86. The predicted octanol–water partition coefficient (Wildman–Crippen LogP) is 4.59. The van der Waals surface area contributed by atoms with Gasteiger partial charge in [-0.3, -0.25) is 0 Å². The molecule has 0 aliphatic heterocycles. The van der Waals surface area contributed by atoms with Gasteiger partial charge in [0.25, 0.3) is 0 Å². The predicted molar refractivity (Wildman–Crippen MR) is 66.2 cm³/mol. The van der Waals surface area contributed by atoms with Gasteiger partial charge >= 0.3 is 0 Å². The first-order valence-electron chi connectivity index (χ1n) is 5.76. The van der Waals surface area contributed by atoms with Crippen molar-refractivity contribution in [2.45, 2.75) is 44.4 Å². The molecule has 0 radical (unpaired) electrons. The summed E-state index contributed by atoms with van der Waals surface area (Å²) in [5.74, 6) is 1.02. The molecule has 0 spiro atoms. The standard InChI is InChI=1S/C13H17BrO/c14-11-7-8-13(15)12(9-11)10-5-3-1-2-4-6-10/h7-10,15H,1-6H2. The summed E-state index contributed by atoms with van der Waals surface area (Å²) < 4.78 is 1.07. The average molecular weight is 269 g/mol. The van der Waals surface area contributed by atoms with Crippen molar-refractivity contribution in [1.29, 1.82) is 0 Å². The molecule has 1 fully saturated rings. The van der Waals surface area contributed by atoms with Crippen LogP contribution in [0.3, 0.4) is 0 Å². The molecule has 1 aromatic carbocycles. The zero-order valence-corrected chi connectivity index (χ0v) is 10.5. The molecule has 0 unspecified atom stereocenters. The molecule has 1 nitrogen and oxygen atoms in total. The Morgan fingerprint density at radius 1 is 1.07 bits per heavy atom. The first-order chi connectivity index (χ1) is 7.27. The minimum Gasteiger partial charge on any atom is -0.508 e. The Morgan fingerprint density at radius 3 is 2.40 bits per heavy atom. The number of rotatable bonds is 1. The van der Waals surface area contributed by atoms with Gasteiger partial charge in [0.2, 0.25) is 0 Å². The van der Waals surface area contributed by atoms with Gasteiger partial charge in [0, 0.05) is 4.47 Å². The molecule has 1 aliphatic carbocycles. The first kappa shape index (κ1) is 11.0. The summed E-state index contributed by atoms with van der Waals surface area (Å²) in [4.78, 5) is 0. The highest BCUT2D eigenvalue weighted by Gasteiger charge is 2.17. The van der Waals surface area contributed by atoms with Crippen molar-refractivity contribution < 1.29 is 5.11 Å². The van der Waals surface area contributed by atoms with Crippen molar-refractivity contribution in [3.05, 3.63) is 28.2 Å². The van der Waals surface area contributed by atoms with Gasteiger partial charge in [-0.05, 0) is 42.5 Å². The minimum atomic E-state index is 0.463. The van der Waals surface area contributed by atoms with Gasteiger partial charge in [-0.2, -0.15) is 0 Å². The number of hydrogen-bond acceptors (Lipinski definition) is 1. The molecule has 2 heteroatoms. The van der Waals surface area contributed by atoms with Crippen molar-refractivity contribution in [3.63, 3.8) is 0 Å². The molecule has 0 saturated heterocycles. The SMILES string of the molecule is Oc1ccc(Br)cc1C1CCCCCC1. The third kappa shape index (κ3) is 2.75. The Bertz CT molecular complexity index is 327. The maximum absolute atomic E-state index is 9.86. The van der Waals surface area contributed by atoms with E-state index in [1.165, 1.54) is 38.5 Å². The number of benzene rings is 1. The lowest BCUT2D eigenvalue weighted by Crippen LogP contribution is -1.97. The minimum absolute atomic E-state index is 0.463. The molecule has 1 aromatic rings. The number of phenolic OH excluding ortho intramolecular Hbond substituents is 1. The van der Waals surface area contributed by atoms with Gasteiger partial charge in [-0.1, -0.05) is 41.6 Å². The summed E-state index contributed by atoms with van der Waals surface area (Å²) in [6, 6.07) is 5.77. The summed E-state index contributed by atoms with van der Waals surface area (Å²) in [6.07, 6.45) is 7.76. The quantitative estimate of drug-likeness (QED) is 0.739. The van der Waals surface area contributed by atoms with Gasteiger partial charge in [0.05, 0.1) is 0 Å². The van der Waals surface area contributed by atoms with Gasteiger partial charge < -0.3 is 5.11 Å². The molecule has 0 bridgehead atoms. The fourth-order valence-electron chi connectivity index (χ4n) is 2.44. The van der Waals surface area contributed by atoms with Crippen molar-refractivity contribution in [1.82, 2.24) is 0 Å². The smallest absolute Gasteiger partial charge is 0.119 e. The maximum Gasteiger partial charge on any atom is 0.119 e. The second kappa shape index (κ2) is 5.02. The topological polar surface area (TPSA) is 20.2 Å². The molecule has 1 saturated carbocycles. The highest BCUT2D eigenvalue weighted by Crippen LogP contribution is 2.37. The van der Waals surface area contributed by atoms with Crippen LogP contribution in [0.4, 0.5) is 0 Å². The first-order valence-corrected chi connectivity index (χ1v) is 6.55. The van der Waals surface area contributed by atoms with E-state index in [4.69, 9.17) is 0 Å². The zero-order chi connectivity index (χ0) is 10.7. The Labute approximate surface area is 99.6 Å². The van der Waals surface area contributed by atoms with Crippen molar-refractivity contribution in [3.8, 4) is 5.75 Å². The van der Waals surface area contributed by atoms with E-state index in [2.05, 4.69) is 22.0 Å². The molecule has 1 aliphatic rings. The van der Waals surface area contributed by atoms with Gasteiger partial charge in [0.1, 0.15) is 5.75 Å². The average Bonchev–Trinajstić information content (AvgIpc) is 2.50. The summed E-state index contributed by atoms with van der Waals surface area (Å²) in [5.41, 5.74) is 1.13. The van der Waals surface area contributed by atoms with E-state index in [1.807, 2.05) is 6.07 Å². The van der Waals surface area contributed by atoms with Crippen LogP contribution >= 0.6 is 15.9 Å². The van der Waals surface area contributed by atoms with E-state index in [9.17, 15) is 5.11 Å². The summed E-state index contributed by atoms with van der Waals surface area (Å²) in [7, 11) is 0. The van der Waals surface area contributed by atoms with Crippen LogP contribution in [0.25, 0.3) is 0 Å². The fraction of sp³-hybridized carbons (Fsp3) is 0.538. The second-order valence-electron chi connectivity index (χ2n) is 4.39. The molecule has 15 heavy (non-hydrogen) atoms. The zero-order valence-electron chi connectivity index (χ0n) is 8.88. The van der Waals surface area contributed by atoms with Crippen LogP contribution in [0.2, 0.25) is 0 Å². The Balaban J connectivity index is 2.22. The van der Waals surface area contributed by atoms with E-state index < -0.39 is 0 Å². The van der Waals surface area contributed by atoms with Crippen LogP contribution in [-0.4, -0.2) is 5.11 Å². The van der Waals surface area contributed by atoms with E-state index in [0.29, 0.717) is 11.7 Å². The molecule has 0 heterocycles. The molecular weight excluding hydrogens is 252 g/mol. The van der Waals surface area contributed by atoms with E-state index >= 15 is 0 Å². The van der Waals surface area contributed by atoms with Crippen LogP contribution in [-0.2, 0) is 0 Å². The van der Waals surface area contributed by atoms with Gasteiger partial charge in [-0.25, -0.2) is 0 Å². The van der Waals surface area contributed by atoms with Crippen LogP contribution in [0.15, 0.2) is 22.7 Å². The van der Waals surface area contributed by atoms with E-state index in [1.54, 1.807) is 6.07 Å². The normalized spacial score (nSPS) is 18.7. The lowest BCUT2D eigenvalue weighted by Gasteiger charge is -2.16. The number of halogens is 1. The lowest BCUT2D eigenvalue weighted by molar-refractivity contribution is 0.453. The molecular formula is C13H17BrO. The van der Waals surface area contributed by atoms with Crippen LogP contribution in [0.5, 0.6) is 5.75 Å². The molecule has 0 amide bonds. The fourth-order valence-corrected chi connectivity index (χ4v) is 2.82. The van der Waals surface area contributed by atoms with Crippen molar-refractivity contribution in [2.24, 2.45) is 0 Å². The molecule has 82 valence electrons. The summed E-state index contributed by atoms with van der Waals surface area (Å²) >= 11 is 3.47. The van der Waals surface area contributed by atoms with Crippen LogP contribution in [0, 0.1) is 0 Å². The number of phenols is 1. The van der Waals surface area contributed by atoms with Crippen LogP contribution in [0.1, 0.15) is 50.0 Å².